The molecule has 0 bridgehead atoms. The Bertz CT molecular complexity index is 807. The smallest absolute Gasteiger partial charge is 0.234 e. The minimum atomic E-state index is 1.23. The van der Waals surface area contributed by atoms with Gasteiger partial charge >= 0.3 is 0 Å². The zero-order valence-corrected chi connectivity index (χ0v) is 39.5. The molecule has 0 N–H and O–H groups in total. The van der Waals surface area contributed by atoms with Gasteiger partial charge in [-0.2, -0.15) is 0 Å². The van der Waals surface area contributed by atoms with Crippen LogP contribution in [0.4, 0.5) is 0 Å². The lowest BCUT2D eigenvalue weighted by atomic mass is 10.0. The molecule has 1 aromatic rings. The van der Waals surface area contributed by atoms with Crippen LogP contribution in [0.3, 0.4) is 0 Å². The van der Waals surface area contributed by atoms with Crippen molar-refractivity contribution in [3.8, 4) is 0 Å². The van der Waals surface area contributed by atoms with E-state index in [0.717, 1.165) is 0 Å². The number of nitrogens with zero attached hydrogens (tertiary/aromatic N) is 2. The standard InChI is InChI=1S/C54H107N2/c1-4-7-10-13-16-19-22-25-28-29-30-31-34-37-40-43-46-49-54-55(50-47-44-41-38-35-32-26-23-20-17-14-11-8-5-2)52-53-56(54)51-48-45-42-39-36-33-27-24-21-18-15-12-9-6-3/h52-53H,4-51H2,1-3H3/q+1. The molecule has 0 aromatic carbocycles. The van der Waals surface area contributed by atoms with Crippen molar-refractivity contribution in [3.63, 3.8) is 0 Å². The van der Waals surface area contributed by atoms with E-state index < -0.39 is 0 Å². The molecule has 0 fully saturated rings. The van der Waals surface area contributed by atoms with Gasteiger partial charge in [-0.25, -0.2) is 9.13 Å². The Labute approximate surface area is 355 Å². The predicted octanol–water partition coefficient (Wildman–Crippen LogP) is 18.9. The molecule has 1 heterocycles. The fraction of sp³-hybridized carbons (Fsp3) is 0.944. The van der Waals surface area contributed by atoms with Gasteiger partial charge in [0.2, 0.25) is 0 Å². The Morgan fingerprint density at radius 1 is 0.304 bits per heavy atom. The second-order valence-electron chi connectivity index (χ2n) is 18.7. The molecule has 0 aliphatic heterocycles. The Kier molecular flexibility index (Phi) is 43.1. The first-order valence-electron chi connectivity index (χ1n) is 26.9. The van der Waals surface area contributed by atoms with Crippen molar-refractivity contribution in [1.29, 1.82) is 0 Å². The van der Waals surface area contributed by atoms with Crippen molar-refractivity contribution in [2.24, 2.45) is 0 Å². The number of hydrogen-bond acceptors (Lipinski definition) is 0. The molecule has 0 aliphatic carbocycles. The van der Waals surface area contributed by atoms with Crippen LogP contribution in [0.5, 0.6) is 0 Å². The molecule has 0 saturated heterocycles. The van der Waals surface area contributed by atoms with Gasteiger partial charge in [-0.3, -0.25) is 0 Å². The van der Waals surface area contributed by atoms with Crippen LogP contribution in [0.1, 0.15) is 316 Å². The molecular weight excluding hydrogens is 677 g/mol. The van der Waals surface area contributed by atoms with Gasteiger partial charge in [0.1, 0.15) is 12.4 Å². The van der Waals surface area contributed by atoms with Gasteiger partial charge in [0.15, 0.2) is 0 Å². The zero-order valence-electron chi connectivity index (χ0n) is 39.5. The summed E-state index contributed by atoms with van der Waals surface area (Å²) in [7, 11) is 0. The molecule has 1 aromatic heterocycles. The molecule has 0 radical (unpaired) electrons. The first-order valence-corrected chi connectivity index (χ1v) is 26.9. The maximum absolute atomic E-state index is 2.66. The van der Waals surface area contributed by atoms with Crippen molar-refractivity contribution in [1.82, 2.24) is 4.57 Å². The number of aromatic nitrogens is 2. The summed E-state index contributed by atoms with van der Waals surface area (Å²) < 4.78 is 5.33. The highest BCUT2D eigenvalue weighted by Gasteiger charge is 2.16. The van der Waals surface area contributed by atoms with E-state index in [0.29, 0.717) is 0 Å². The maximum atomic E-state index is 2.66. The maximum Gasteiger partial charge on any atom is 0.256 e. The molecule has 0 saturated carbocycles. The number of unbranched alkanes of at least 4 members (excludes halogenated alkanes) is 42. The fourth-order valence-electron chi connectivity index (χ4n) is 9.15. The van der Waals surface area contributed by atoms with Crippen molar-refractivity contribution in [2.45, 2.75) is 329 Å². The molecule has 0 amide bonds. The van der Waals surface area contributed by atoms with Crippen LogP contribution in [0, 0.1) is 0 Å². The number of rotatable bonds is 48. The van der Waals surface area contributed by atoms with Crippen LogP contribution in [0.2, 0.25) is 0 Å². The summed E-state index contributed by atoms with van der Waals surface area (Å²) in [6.07, 6.45) is 71.3. The summed E-state index contributed by atoms with van der Waals surface area (Å²) in [6, 6.07) is 0. The summed E-state index contributed by atoms with van der Waals surface area (Å²) in [4.78, 5) is 0. The van der Waals surface area contributed by atoms with E-state index in [2.05, 4.69) is 42.3 Å². The summed E-state index contributed by atoms with van der Waals surface area (Å²) >= 11 is 0. The van der Waals surface area contributed by atoms with Gasteiger partial charge in [-0.05, 0) is 32.1 Å². The van der Waals surface area contributed by atoms with Crippen molar-refractivity contribution < 1.29 is 4.57 Å². The third kappa shape index (κ3) is 36.3. The molecule has 332 valence electrons. The molecular formula is C54H107N2+. The van der Waals surface area contributed by atoms with E-state index in [1.54, 1.807) is 5.82 Å². The summed E-state index contributed by atoms with van der Waals surface area (Å²) in [5, 5.41) is 0. The number of hydrogen-bond donors (Lipinski definition) is 0. The summed E-state index contributed by atoms with van der Waals surface area (Å²) in [5.41, 5.74) is 0. The van der Waals surface area contributed by atoms with Crippen LogP contribution < -0.4 is 4.57 Å². The van der Waals surface area contributed by atoms with Gasteiger partial charge < -0.3 is 0 Å². The Balaban J connectivity index is 2.25. The average Bonchev–Trinajstić information content (AvgIpc) is 3.59. The normalized spacial score (nSPS) is 11.7. The molecule has 1 rings (SSSR count). The Morgan fingerprint density at radius 2 is 0.554 bits per heavy atom. The second-order valence-corrected chi connectivity index (χ2v) is 18.7. The largest absolute Gasteiger partial charge is 0.256 e. The summed E-state index contributed by atoms with van der Waals surface area (Å²) in [6.45, 7) is 9.42. The van der Waals surface area contributed by atoms with E-state index in [4.69, 9.17) is 0 Å². The number of aryl methyl sites for hydroxylation is 2. The van der Waals surface area contributed by atoms with E-state index in [-0.39, 0.29) is 0 Å². The minimum Gasteiger partial charge on any atom is -0.234 e. The van der Waals surface area contributed by atoms with Gasteiger partial charge in [0, 0.05) is 6.42 Å². The monoisotopic (exact) mass is 784 g/mol. The second kappa shape index (κ2) is 45.3. The quantitative estimate of drug-likeness (QED) is 0.0460. The molecule has 56 heavy (non-hydrogen) atoms. The van der Waals surface area contributed by atoms with E-state index in [9.17, 15) is 0 Å². The first kappa shape index (κ1) is 53.2. The van der Waals surface area contributed by atoms with E-state index in [1.165, 1.54) is 308 Å². The lowest BCUT2D eigenvalue weighted by Crippen LogP contribution is -2.37. The average molecular weight is 784 g/mol. The van der Waals surface area contributed by atoms with Crippen molar-refractivity contribution in [3.05, 3.63) is 18.2 Å². The minimum absolute atomic E-state index is 1.23. The van der Waals surface area contributed by atoms with Crippen LogP contribution in [0.15, 0.2) is 12.4 Å². The van der Waals surface area contributed by atoms with Crippen LogP contribution in [-0.2, 0) is 19.5 Å². The summed E-state index contributed by atoms with van der Waals surface area (Å²) in [5.74, 6) is 1.63. The van der Waals surface area contributed by atoms with Crippen LogP contribution in [0.25, 0.3) is 0 Å². The molecule has 2 heteroatoms. The predicted molar refractivity (Wildman–Crippen MR) is 253 cm³/mol. The van der Waals surface area contributed by atoms with Gasteiger partial charge in [-0.15, -0.1) is 0 Å². The molecule has 2 nitrogen and oxygen atoms in total. The molecule has 0 atom stereocenters. The lowest BCUT2D eigenvalue weighted by molar-refractivity contribution is -0.704. The third-order valence-corrected chi connectivity index (χ3v) is 13.1. The topological polar surface area (TPSA) is 8.81 Å². The van der Waals surface area contributed by atoms with Crippen molar-refractivity contribution in [2.75, 3.05) is 0 Å². The Morgan fingerprint density at radius 3 is 0.857 bits per heavy atom. The van der Waals surface area contributed by atoms with E-state index >= 15 is 0 Å². The van der Waals surface area contributed by atoms with Gasteiger partial charge in [0.25, 0.3) is 5.82 Å². The molecule has 0 aliphatic rings. The van der Waals surface area contributed by atoms with Gasteiger partial charge in [0.05, 0.1) is 13.1 Å². The van der Waals surface area contributed by atoms with Gasteiger partial charge in [-0.1, -0.05) is 278 Å². The van der Waals surface area contributed by atoms with E-state index in [1.807, 2.05) is 0 Å². The van der Waals surface area contributed by atoms with Crippen LogP contribution in [-0.4, -0.2) is 4.57 Å². The van der Waals surface area contributed by atoms with Crippen LogP contribution >= 0.6 is 0 Å². The Hall–Kier alpha value is -0.790. The zero-order chi connectivity index (χ0) is 40.1. The SMILES string of the molecule is CCCCCCCCCCCCCCCCCCCc1n(CCCCCCCCCCCCCCCC)cc[n+]1CCCCCCCCCCCCCCCC. The number of imidazole rings is 1. The third-order valence-electron chi connectivity index (χ3n) is 13.1. The lowest BCUT2D eigenvalue weighted by Gasteiger charge is -2.07. The molecule has 0 spiro atoms. The fourth-order valence-corrected chi connectivity index (χ4v) is 9.15. The highest BCUT2D eigenvalue weighted by Crippen LogP contribution is 2.17. The molecule has 0 unspecified atom stereocenters. The first-order chi connectivity index (χ1) is 27.8. The highest BCUT2D eigenvalue weighted by atomic mass is 15.1. The van der Waals surface area contributed by atoms with Crippen molar-refractivity contribution >= 4 is 0 Å². The highest BCUT2D eigenvalue weighted by molar-refractivity contribution is 4.84.